The van der Waals surface area contributed by atoms with Crippen LogP contribution in [0.4, 0.5) is 23.3 Å². The lowest BCUT2D eigenvalue weighted by Gasteiger charge is -2.16. The van der Waals surface area contributed by atoms with Gasteiger partial charge in [-0.25, -0.2) is 13.1 Å². The summed E-state index contributed by atoms with van der Waals surface area (Å²) in [4.78, 5) is 9.22. The number of aliphatic hydroxyl groups is 1. The van der Waals surface area contributed by atoms with Gasteiger partial charge in [-0.15, -0.1) is 0 Å². The summed E-state index contributed by atoms with van der Waals surface area (Å²) < 4.78 is 36.9. The molecule has 0 bridgehead atoms. The summed E-state index contributed by atoms with van der Waals surface area (Å²) in [7, 11) is 0.920. The van der Waals surface area contributed by atoms with Crippen LogP contribution < -0.4 is 30.3 Å². The van der Waals surface area contributed by atoms with Gasteiger partial charge < -0.3 is 25.2 Å². The molecular formula is C29H33N7O5S. The van der Waals surface area contributed by atoms with Crippen molar-refractivity contribution >= 4 is 39.0 Å². The Labute approximate surface area is 244 Å². The molecule has 3 aromatic carbocycles. The van der Waals surface area contributed by atoms with Crippen molar-refractivity contribution in [2.75, 3.05) is 43.9 Å². The van der Waals surface area contributed by atoms with Crippen molar-refractivity contribution < 1.29 is 23.0 Å². The molecule has 42 heavy (non-hydrogen) atoms. The molecule has 220 valence electrons. The molecule has 5 N–H and O–H groups in total. The summed E-state index contributed by atoms with van der Waals surface area (Å²) in [6.07, 6.45) is -0.864. The molecule has 1 aromatic heterocycles. The van der Waals surface area contributed by atoms with E-state index in [-0.39, 0.29) is 11.4 Å². The minimum atomic E-state index is -3.53. The monoisotopic (exact) mass is 591 g/mol. The highest BCUT2D eigenvalue weighted by molar-refractivity contribution is 7.89. The number of hydrogen-bond acceptors (Lipinski definition) is 11. The van der Waals surface area contributed by atoms with E-state index in [2.05, 4.69) is 35.9 Å². The summed E-state index contributed by atoms with van der Waals surface area (Å²) in [5.74, 6) is 2.23. The number of aromatic nitrogens is 2. The van der Waals surface area contributed by atoms with Crippen LogP contribution >= 0.6 is 0 Å². The number of ether oxygens (including phenoxy) is 2. The molecule has 0 aliphatic carbocycles. The van der Waals surface area contributed by atoms with Gasteiger partial charge in [0.05, 0.1) is 30.9 Å². The van der Waals surface area contributed by atoms with Gasteiger partial charge in [0.15, 0.2) is 17.3 Å². The van der Waals surface area contributed by atoms with Crippen LogP contribution in [0.1, 0.15) is 24.2 Å². The SMILES string of the molecule is CNS(=O)(=O)c1ccc(C(C)=NNc2cc(NCC(O)c3ccc(OC)c(OC)c3)nc(Nc3ccccc3)n2)cc1. The van der Waals surface area contributed by atoms with Crippen LogP contribution in [0.3, 0.4) is 0 Å². The summed E-state index contributed by atoms with van der Waals surface area (Å²) in [5, 5.41) is 21.6. The maximum Gasteiger partial charge on any atom is 0.240 e. The van der Waals surface area contributed by atoms with Gasteiger partial charge >= 0.3 is 0 Å². The predicted molar refractivity (Wildman–Crippen MR) is 163 cm³/mol. The molecule has 4 aromatic rings. The molecule has 13 heteroatoms. The molecule has 0 saturated heterocycles. The Bertz CT molecular complexity index is 1630. The number of hydrazone groups is 1. The van der Waals surface area contributed by atoms with Crippen molar-refractivity contribution in [3.8, 4) is 11.5 Å². The molecule has 0 aliphatic rings. The van der Waals surface area contributed by atoms with Gasteiger partial charge in [-0.2, -0.15) is 15.1 Å². The fourth-order valence-corrected chi connectivity index (χ4v) is 4.61. The molecule has 0 amide bonds. The molecule has 1 heterocycles. The molecule has 0 radical (unpaired) electrons. The van der Waals surface area contributed by atoms with E-state index in [1.165, 1.54) is 26.3 Å². The number of rotatable bonds is 13. The van der Waals surface area contributed by atoms with Crippen LogP contribution in [0, 0.1) is 0 Å². The minimum Gasteiger partial charge on any atom is -0.493 e. The topological polar surface area (TPSA) is 159 Å². The Morgan fingerprint density at radius 3 is 2.29 bits per heavy atom. The highest BCUT2D eigenvalue weighted by Gasteiger charge is 2.14. The molecule has 1 unspecified atom stereocenters. The molecule has 0 saturated carbocycles. The van der Waals surface area contributed by atoms with Crippen LogP contribution in [0.15, 0.2) is 88.9 Å². The number of methoxy groups -OCH3 is 2. The van der Waals surface area contributed by atoms with Crippen LogP contribution in [0.25, 0.3) is 0 Å². The van der Waals surface area contributed by atoms with Gasteiger partial charge in [0.1, 0.15) is 5.82 Å². The highest BCUT2D eigenvalue weighted by Crippen LogP contribution is 2.30. The van der Waals surface area contributed by atoms with E-state index in [1.807, 2.05) is 30.3 Å². The Morgan fingerprint density at radius 2 is 1.62 bits per heavy atom. The van der Waals surface area contributed by atoms with E-state index in [1.54, 1.807) is 50.4 Å². The first kappa shape index (κ1) is 30.2. The Balaban J connectivity index is 1.54. The Morgan fingerprint density at radius 1 is 0.929 bits per heavy atom. The predicted octanol–water partition coefficient (Wildman–Crippen LogP) is 4.13. The minimum absolute atomic E-state index is 0.154. The summed E-state index contributed by atoms with van der Waals surface area (Å²) in [6.45, 7) is 1.94. The number of nitrogens with zero attached hydrogens (tertiary/aromatic N) is 3. The maximum absolute atomic E-state index is 12.0. The molecule has 4 rings (SSSR count). The average Bonchev–Trinajstić information content (AvgIpc) is 3.02. The highest BCUT2D eigenvalue weighted by atomic mass is 32.2. The van der Waals surface area contributed by atoms with Crippen LogP contribution in [-0.4, -0.2) is 57.0 Å². The van der Waals surface area contributed by atoms with E-state index in [9.17, 15) is 13.5 Å². The van der Waals surface area contributed by atoms with Gasteiger partial charge in [0.2, 0.25) is 16.0 Å². The van der Waals surface area contributed by atoms with Crippen molar-refractivity contribution in [2.45, 2.75) is 17.9 Å². The van der Waals surface area contributed by atoms with E-state index >= 15 is 0 Å². The van der Waals surface area contributed by atoms with Crippen molar-refractivity contribution in [2.24, 2.45) is 5.10 Å². The number of hydrogen-bond donors (Lipinski definition) is 5. The Kier molecular flexibility index (Phi) is 9.91. The van der Waals surface area contributed by atoms with Crippen molar-refractivity contribution in [1.82, 2.24) is 14.7 Å². The fraction of sp³-hybridized carbons (Fsp3) is 0.207. The third kappa shape index (κ3) is 7.72. The van der Waals surface area contributed by atoms with Crippen LogP contribution in [-0.2, 0) is 10.0 Å². The second-order valence-corrected chi connectivity index (χ2v) is 10.9. The quantitative estimate of drug-likeness (QED) is 0.113. The summed E-state index contributed by atoms with van der Waals surface area (Å²) in [5.41, 5.74) is 5.72. The van der Waals surface area contributed by atoms with Gasteiger partial charge in [0, 0.05) is 18.3 Å². The molecular weight excluding hydrogens is 558 g/mol. The molecule has 12 nitrogen and oxygen atoms in total. The van der Waals surface area contributed by atoms with Crippen molar-refractivity contribution in [3.63, 3.8) is 0 Å². The molecule has 1 atom stereocenters. The lowest BCUT2D eigenvalue weighted by molar-refractivity contribution is 0.191. The largest absolute Gasteiger partial charge is 0.493 e. The maximum atomic E-state index is 12.0. The number of aliphatic hydroxyl groups excluding tert-OH is 1. The van der Waals surface area contributed by atoms with Gasteiger partial charge in [-0.1, -0.05) is 36.4 Å². The number of benzene rings is 3. The van der Waals surface area contributed by atoms with Crippen LogP contribution in [0.2, 0.25) is 0 Å². The van der Waals surface area contributed by atoms with Gasteiger partial charge in [-0.05, 0) is 61.5 Å². The number of anilines is 4. The third-order valence-corrected chi connectivity index (χ3v) is 7.64. The van der Waals surface area contributed by atoms with E-state index in [4.69, 9.17) is 9.47 Å². The fourth-order valence-electron chi connectivity index (χ4n) is 3.88. The molecule has 0 spiro atoms. The number of sulfonamides is 1. The third-order valence-electron chi connectivity index (χ3n) is 6.21. The summed E-state index contributed by atoms with van der Waals surface area (Å²) in [6, 6.07) is 22.7. The zero-order chi connectivity index (χ0) is 30.1. The first-order chi connectivity index (χ1) is 20.2. The second-order valence-electron chi connectivity index (χ2n) is 9.01. The standard InChI is InChI=1S/C29H33N7O5S/c1-19(20-10-13-23(14-11-20)42(38,39)30-2)35-36-28-17-27(33-29(34-28)32-22-8-6-5-7-9-22)31-18-24(37)21-12-15-25(40-3)26(16-21)41-4/h5-17,24,30,37H,18H2,1-4H3,(H3,31,32,33,34,36). The molecule has 0 aliphatic heterocycles. The smallest absolute Gasteiger partial charge is 0.240 e. The second kappa shape index (κ2) is 13.8. The molecule has 0 fully saturated rings. The number of nitrogens with one attached hydrogen (secondary N) is 4. The van der Waals surface area contributed by atoms with Gasteiger partial charge in [0.25, 0.3) is 0 Å². The van der Waals surface area contributed by atoms with Gasteiger partial charge in [-0.3, -0.25) is 5.43 Å². The van der Waals surface area contributed by atoms with Crippen molar-refractivity contribution in [1.29, 1.82) is 0 Å². The summed E-state index contributed by atoms with van der Waals surface area (Å²) >= 11 is 0. The lowest BCUT2D eigenvalue weighted by atomic mass is 10.1. The van der Waals surface area contributed by atoms with Crippen LogP contribution in [0.5, 0.6) is 11.5 Å². The number of para-hydroxylation sites is 1. The zero-order valence-corrected chi connectivity index (χ0v) is 24.4. The van der Waals surface area contributed by atoms with E-state index in [0.29, 0.717) is 40.4 Å². The normalized spacial score (nSPS) is 12.4. The van der Waals surface area contributed by atoms with E-state index in [0.717, 1.165) is 11.3 Å². The zero-order valence-electron chi connectivity index (χ0n) is 23.6. The average molecular weight is 592 g/mol. The lowest BCUT2D eigenvalue weighted by Crippen LogP contribution is -2.18. The van der Waals surface area contributed by atoms with E-state index < -0.39 is 16.1 Å². The Hall–Kier alpha value is -4.72. The van der Waals surface area contributed by atoms with Crippen molar-refractivity contribution in [3.05, 3.63) is 90.0 Å². The first-order valence-corrected chi connectivity index (χ1v) is 14.4. The first-order valence-electron chi connectivity index (χ1n) is 12.9.